The molecule has 18 heavy (non-hydrogen) atoms. The highest BCUT2D eigenvalue weighted by molar-refractivity contribution is 9.10. The topological polar surface area (TPSA) is 54.9 Å². The molecule has 0 atom stereocenters. The van der Waals surface area contributed by atoms with Gasteiger partial charge in [-0.25, -0.2) is 9.97 Å². The number of rotatable bonds is 2. The van der Waals surface area contributed by atoms with Crippen molar-refractivity contribution in [2.75, 3.05) is 5.32 Å². The second kappa shape index (κ2) is 5.65. The van der Waals surface area contributed by atoms with Crippen molar-refractivity contribution in [2.24, 2.45) is 0 Å². The molecule has 1 aromatic carbocycles. The Balaban J connectivity index is 2.18. The van der Waals surface area contributed by atoms with Crippen LogP contribution in [0.25, 0.3) is 0 Å². The number of benzene rings is 1. The van der Waals surface area contributed by atoms with Crippen LogP contribution in [0.4, 0.5) is 5.69 Å². The van der Waals surface area contributed by atoms with Gasteiger partial charge in [0, 0.05) is 5.02 Å². The number of carbonyl (C=O) groups is 1. The zero-order valence-corrected chi connectivity index (χ0v) is 11.9. The second-order valence-corrected chi connectivity index (χ2v) is 4.96. The van der Waals surface area contributed by atoms with Crippen LogP contribution in [0.2, 0.25) is 10.0 Å². The number of carbonyl (C=O) groups excluding carboxylic acids is 1. The minimum atomic E-state index is -0.390. The van der Waals surface area contributed by atoms with Crippen molar-refractivity contribution in [3.8, 4) is 0 Å². The summed E-state index contributed by atoms with van der Waals surface area (Å²) >= 11 is 14.8. The molecule has 1 heterocycles. The minimum Gasteiger partial charge on any atom is -0.319 e. The van der Waals surface area contributed by atoms with Crippen molar-refractivity contribution in [2.45, 2.75) is 0 Å². The zero-order valence-electron chi connectivity index (χ0n) is 8.82. The molecule has 0 fully saturated rings. The molecule has 0 saturated carbocycles. The minimum absolute atomic E-state index is 0.198. The van der Waals surface area contributed by atoms with Crippen molar-refractivity contribution in [1.82, 2.24) is 9.97 Å². The summed E-state index contributed by atoms with van der Waals surface area (Å²) < 4.78 is 0.559. The van der Waals surface area contributed by atoms with Gasteiger partial charge in [-0.3, -0.25) is 4.79 Å². The lowest BCUT2D eigenvalue weighted by Crippen LogP contribution is -2.14. The Morgan fingerprint density at radius 3 is 2.61 bits per heavy atom. The molecule has 0 aliphatic heterocycles. The van der Waals surface area contributed by atoms with E-state index in [-0.39, 0.29) is 11.6 Å². The molecule has 0 unspecified atom stereocenters. The Morgan fingerprint density at radius 2 is 2.00 bits per heavy atom. The van der Waals surface area contributed by atoms with Gasteiger partial charge in [-0.15, -0.1) is 0 Å². The van der Waals surface area contributed by atoms with Gasteiger partial charge in [-0.2, -0.15) is 0 Å². The number of hydrogen-bond acceptors (Lipinski definition) is 3. The van der Waals surface area contributed by atoms with E-state index in [9.17, 15) is 4.79 Å². The number of hydrogen-bond donors (Lipinski definition) is 1. The molecule has 2 aromatic rings. The first kappa shape index (κ1) is 13.3. The lowest BCUT2D eigenvalue weighted by Gasteiger charge is -2.06. The van der Waals surface area contributed by atoms with Crippen LogP contribution in [-0.4, -0.2) is 15.9 Å². The fourth-order valence-corrected chi connectivity index (χ4v) is 1.87. The van der Waals surface area contributed by atoms with Crippen LogP contribution in [0.15, 0.2) is 35.2 Å². The van der Waals surface area contributed by atoms with Crippen LogP contribution in [0.5, 0.6) is 0 Å². The van der Waals surface area contributed by atoms with E-state index >= 15 is 0 Å². The number of halogens is 3. The average molecular weight is 347 g/mol. The van der Waals surface area contributed by atoms with Gasteiger partial charge in [-0.05, 0) is 34.1 Å². The van der Waals surface area contributed by atoms with Gasteiger partial charge in [0.25, 0.3) is 5.91 Å². The average Bonchev–Trinajstić information content (AvgIpc) is 2.33. The molecule has 4 nitrogen and oxygen atoms in total. The van der Waals surface area contributed by atoms with Gasteiger partial charge in [0.05, 0.1) is 23.1 Å². The molecule has 0 saturated heterocycles. The summed E-state index contributed by atoms with van der Waals surface area (Å²) in [5.41, 5.74) is 0.667. The van der Waals surface area contributed by atoms with Crippen LogP contribution in [0, 0.1) is 0 Å². The number of nitrogens with zero attached hydrogens (tertiary/aromatic N) is 2. The zero-order chi connectivity index (χ0) is 13.1. The second-order valence-electron chi connectivity index (χ2n) is 3.30. The highest BCUT2D eigenvalue weighted by atomic mass is 79.9. The fourth-order valence-electron chi connectivity index (χ4n) is 1.21. The lowest BCUT2D eigenvalue weighted by molar-refractivity contribution is 0.102. The third-order valence-corrected chi connectivity index (χ3v) is 2.99. The molecule has 92 valence electrons. The molecule has 2 rings (SSSR count). The van der Waals surface area contributed by atoms with E-state index in [0.717, 1.165) is 0 Å². The third-order valence-electron chi connectivity index (χ3n) is 2.03. The number of amides is 1. The predicted molar refractivity (Wildman–Crippen MR) is 74.1 cm³/mol. The molecule has 0 aliphatic rings. The monoisotopic (exact) mass is 345 g/mol. The number of nitrogens with one attached hydrogen (secondary N) is 1. The largest absolute Gasteiger partial charge is 0.319 e. The highest BCUT2D eigenvalue weighted by Crippen LogP contribution is 2.25. The Morgan fingerprint density at radius 1 is 1.22 bits per heavy atom. The number of aromatic nitrogens is 2. The maximum atomic E-state index is 11.8. The summed E-state index contributed by atoms with van der Waals surface area (Å²) in [6.07, 6.45) is 2.81. The van der Waals surface area contributed by atoms with Crippen LogP contribution in [0.1, 0.15) is 10.5 Å². The van der Waals surface area contributed by atoms with Crippen molar-refractivity contribution < 1.29 is 4.79 Å². The number of anilines is 1. The molecular weight excluding hydrogens is 341 g/mol. The quantitative estimate of drug-likeness (QED) is 0.899. The van der Waals surface area contributed by atoms with Crippen LogP contribution in [0.3, 0.4) is 0 Å². The summed E-state index contributed by atoms with van der Waals surface area (Å²) in [6, 6.07) is 4.80. The molecule has 7 heteroatoms. The standard InChI is InChI=1S/C11H6BrCl2N3O/c12-10-5-15-9(4-16-10)11(18)17-8-2-1-6(13)3-7(8)14/h1-5H,(H,17,18). The predicted octanol–water partition coefficient (Wildman–Crippen LogP) is 3.80. The SMILES string of the molecule is O=C(Nc1ccc(Cl)cc1Cl)c1cnc(Br)cn1. The molecule has 0 spiro atoms. The van der Waals surface area contributed by atoms with Gasteiger partial charge < -0.3 is 5.32 Å². The summed E-state index contributed by atoms with van der Waals surface area (Å²) in [5.74, 6) is -0.390. The Labute approximate surface area is 121 Å². The first-order valence-corrected chi connectivity index (χ1v) is 6.35. The van der Waals surface area contributed by atoms with E-state index < -0.39 is 0 Å². The first-order chi connectivity index (χ1) is 8.56. The van der Waals surface area contributed by atoms with E-state index in [2.05, 4.69) is 31.2 Å². The lowest BCUT2D eigenvalue weighted by atomic mass is 10.3. The van der Waals surface area contributed by atoms with Gasteiger partial charge in [-0.1, -0.05) is 23.2 Å². The van der Waals surface area contributed by atoms with E-state index in [1.165, 1.54) is 12.4 Å². The normalized spacial score (nSPS) is 10.2. The molecule has 1 amide bonds. The maximum absolute atomic E-state index is 11.8. The van der Waals surface area contributed by atoms with E-state index in [1.54, 1.807) is 18.2 Å². The maximum Gasteiger partial charge on any atom is 0.275 e. The molecule has 0 radical (unpaired) electrons. The van der Waals surface area contributed by atoms with E-state index in [4.69, 9.17) is 23.2 Å². The fraction of sp³-hybridized carbons (Fsp3) is 0. The van der Waals surface area contributed by atoms with E-state index in [0.29, 0.717) is 20.3 Å². The van der Waals surface area contributed by atoms with Gasteiger partial charge in [0.15, 0.2) is 0 Å². The summed E-state index contributed by atoms with van der Waals surface area (Å²) in [4.78, 5) is 19.7. The van der Waals surface area contributed by atoms with Crippen LogP contribution in [-0.2, 0) is 0 Å². The van der Waals surface area contributed by atoms with Crippen LogP contribution < -0.4 is 5.32 Å². The Bertz CT molecular complexity index is 589. The van der Waals surface area contributed by atoms with Gasteiger partial charge in [0.1, 0.15) is 10.3 Å². The molecule has 1 aromatic heterocycles. The van der Waals surface area contributed by atoms with Crippen LogP contribution >= 0.6 is 39.1 Å². The molecule has 0 aliphatic carbocycles. The highest BCUT2D eigenvalue weighted by Gasteiger charge is 2.10. The smallest absolute Gasteiger partial charge is 0.275 e. The Kier molecular flexibility index (Phi) is 4.16. The van der Waals surface area contributed by atoms with Crippen molar-refractivity contribution >= 4 is 50.7 Å². The van der Waals surface area contributed by atoms with Crippen molar-refractivity contribution in [1.29, 1.82) is 0 Å². The summed E-state index contributed by atoms with van der Waals surface area (Å²) in [7, 11) is 0. The molecule has 0 bridgehead atoms. The van der Waals surface area contributed by atoms with Gasteiger partial charge in [0.2, 0.25) is 0 Å². The molecule has 1 N–H and O–H groups in total. The Hall–Kier alpha value is -1.17. The van der Waals surface area contributed by atoms with E-state index in [1.807, 2.05) is 0 Å². The third kappa shape index (κ3) is 3.19. The van der Waals surface area contributed by atoms with Crippen molar-refractivity contribution in [3.05, 3.63) is 50.9 Å². The van der Waals surface area contributed by atoms with Crippen molar-refractivity contribution in [3.63, 3.8) is 0 Å². The summed E-state index contributed by atoms with van der Waals surface area (Å²) in [5, 5.41) is 3.49. The van der Waals surface area contributed by atoms with Gasteiger partial charge >= 0.3 is 0 Å². The summed E-state index contributed by atoms with van der Waals surface area (Å²) in [6.45, 7) is 0. The molecular formula is C11H6BrCl2N3O. The first-order valence-electron chi connectivity index (χ1n) is 4.80.